The lowest BCUT2D eigenvalue weighted by Crippen LogP contribution is -2.65. The number of rotatable bonds is 8. The maximum atomic E-state index is 13.8. The molecule has 0 aromatic rings. The fourth-order valence-electron chi connectivity index (χ4n) is 7.44. The first kappa shape index (κ1) is 21.1. The fraction of sp³-hybridized carbons (Fsp3) is 0.917. The molecule has 6 atom stereocenters. The fourth-order valence-corrected chi connectivity index (χ4v) is 7.44. The third-order valence-electron chi connectivity index (χ3n) is 9.27. The third-order valence-corrected chi connectivity index (χ3v) is 9.27. The first-order chi connectivity index (χ1) is 13.9. The van der Waals surface area contributed by atoms with E-state index >= 15 is 0 Å². The van der Waals surface area contributed by atoms with Crippen molar-refractivity contribution in [2.45, 2.75) is 104 Å². The minimum atomic E-state index is -0.821. The van der Waals surface area contributed by atoms with E-state index in [4.69, 9.17) is 14.2 Å². The Morgan fingerprint density at radius 2 is 1.17 bits per heavy atom. The van der Waals surface area contributed by atoms with Gasteiger partial charge in [-0.25, -0.2) is 0 Å². The summed E-state index contributed by atoms with van der Waals surface area (Å²) in [5.41, 5.74) is -2.27. The molecule has 29 heavy (non-hydrogen) atoms. The summed E-state index contributed by atoms with van der Waals surface area (Å²) < 4.78 is 17.8. The third kappa shape index (κ3) is 2.49. The van der Waals surface area contributed by atoms with Crippen molar-refractivity contribution in [3.8, 4) is 0 Å². The van der Waals surface area contributed by atoms with E-state index in [0.29, 0.717) is 26.1 Å². The number of ether oxygens (including phenoxy) is 3. The second kappa shape index (κ2) is 7.25. The van der Waals surface area contributed by atoms with Gasteiger partial charge in [0.2, 0.25) is 0 Å². The molecule has 0 N–H and O–H groups in total. The number of fused-ring (bicyclic) bond motifs is 2. The van der Waals surface area contributed by atoms with Gasteiger partial charge >= 0.3 is 11.9 Å². The van der Waals surface area contributed by atoms with Crippen molar-refractivity contribution in [1.29, 1.82) is 0 Å². The van der Waals surface area contributed by atoms with Crippen molar-refractivity contribution in [3.05, 3.63) is 0 Å². The van der Waals surface area contributed by atoms with Gasteiger partial charge in [0, 0.05) is 10.8 Å². The molecule has 5 nitrogen and oxygen atoms in total. The SMILES string of the molecule is CCCCC1(CC)COC(=O)C12CC1OC1CC21C(=O)OCC1(CC)CCCC. The molecule has 4 fully saturated rings. The molecule has 0 bridgehead atoms. The molecule has 0 radical (unpaired) electrons. The van der Waals surface area contributed by atoms with Gasteiger partial charge in [-0.05, 0) is 38.5 Å². The van der Waals surface area contributed by atoms with Crippen molar-refractivity contribution in [1.82, 2.24) is 0 Å². The Morgan fingerprint density at radius 1 is 0.759 bits per heavy atom. The van der Waals surface area contributed by atoms with Crippen LogP contribution in [0.1, 0.15) is 91.9 Å². The highest BCUT2D eigenvalue weighted by Crippen LogP contribution is 2.76. The molecule has 164 valence electrons. The predicted octanol–water partition coefficient (Wildman–Crippen LogP) is 4.81. The molecule has 0 aromatic carbocycles. The van der Waals surface area contributed by atoms with Gasteiger partial charge in [-0.1, -0.05) is 53.4 Å². The van der Waals surface area contributed by atoms with Crippen LogP contribution in [0.25, 0.3) is 0 Å². The molecule has 5 heteroatoms. The van der Waals surface area contributed by atoms with Gasteiger partial charge in [-0.2, -0.15) is 0 Å². The lowest BCUT2D eigenvalue weighted by atomic mass is 9.38. The molecule has 3 heterocycles. The zero-order valence-electron chi connectivity index (χ0n) is 18.7. The van der Waals surface area contributed by atoms with E-state index in [1.54, 1.807) is 0 Å². The van der Waals surface area contributed by atoms with E-state index in [2.05, 4.69) is 27.7 Å². The Hall–Kier alpha value is -1.10. The van der Waals surface area contributed by atoms with Crippen LogP contribution in [0.5, 0.6) is 0 Å². The van der Waals surface area contributed by atoms with Crippen LogP contribution in [0, 0.1) is 21.7 Å². The quantitative estimate of drug-likeness (QED) is 0.428. The number of hydrogen-bond acceptors (Lipinski definition) is 5. The number of carbonyl (C=O) groups is 2. The standard InChI is InChI=1S/C24H38O5/c1-5-9-11-21(7-3)15-27-19(25)23(21)13-17-18(29-17)14-24(23)20(26)28-16-22(24,8-4)12-10-6-2/h17-18H,5-16H2,1-4H3. The van der Waals surface area contributed by atoms with Gasteiger partial charge in [0.25, 0.3) is 0 Å². The van der Waals surface area contributed by atoms with Gasteiger partial charge < -0.3 is 14.2 Å². The number of hydrogen-bond donors (Lipinski definition) is 0. The topological polar surface area (TPSA) is 65.1 Å². The first-order valence-electron chi connectivity index (χ1n) is 11.9. The molecule has 0 aromatic heterocycles. The molecule has 1 aliphatic carbocycles. The van der Waals surface area contributed by atoms with Gasteiger partial charge in [-0.15, -0.1) is 0 Å². The molecule has 4 rings (SSSR count). The highest BCUT2D eigenvalue weighted by molar-refractivity contribution is 5.93. The summed E-state index contributed by atoms with van der Waals surface area (Å²) in [4.78, 5) is 27.5. The molecule has 3 aliphatic heterocycles. The largest absolute Gasteiger partial charge is 0.465 e. The average molecular weight is 407 g/mol. The molecular formula is C24H38O5. The van der Waals surface area contributed by atoms with Crippen molar-refractivity contribution in [3.63, 3.8) is 0 Å². The second-order valence-corrected chi connectivity index (χ2v) is 10.1. The molecule has 3 saturated heterocycles. The highest BCUT2D eigenvalue weighted by Gasteiger charge is 2.84. The van der Waals surface area contributed by atoms with E-state index in [1.807, 2.05) is 0 Å². The van der Waals surface area contributed by atoms with Crippen LogP contribution in [-0.2, 0) is 23.8 Å². The van der Waals surface area contributed by atoms with Crippen LogP contribution in [0.3, 0.4) is 0 Å². The molecule has 6 unspecified atom stereocenters. The summed E-state index contributed by atoms with van der Waals surface area (Å²) in [6, 6.07) is 0. The maximum absolute atomic E-state index is 13.8. The van der Waals surface area contributed by atoms with Crippen LogP contribution >= 0.6 is 0 Å². The minimum Gasteiger partial charge on any atom is -0.465 e. The summed E-state index contributed by atoms with van der Waals surface area (Å²) in [6.45, 7) is 9.59. The first-order valence-corrected chi connectivity index (χ1v) is 11.9. The monoisotopic (exact) mass is 406 g/mol. The van der Waals surface area contributed by atoms with E-state index in [1.165, 1.54) is 0 Å². The molecule has 4 aliphatic rings. The van der Waals surface area contributed by atoms with E-state index in [-0.39, 0.29) is 35.0 Å². The Labute approximate surface area is 175 Å². The Kier molecular flexibility index (Phi) is 5.28. The number of cyclic esters (lactones) is 2. The van der Waals surface area contributed by atoms with E-state index < -0.39 is 10.8 Å². The Balaban J connectivity index is 1.93. The van der Waals surface area contributed by atoms with Crippen molar-refractivity contribution >= 4 is 11.9 Å². The van der Waals surface area contributed by atoms with Gasteiger partial charge in [0.05, 0.1) is 36.3 Å². The maximum Gasteiger partial charge on any atom is 0.314 e. The average Bonchev–Trinajstić information content (AvgIpc) is 3.36. The minimum absolute atomic E-state index is 0.0907. The van der Waals surface area contributed by atoms with Crippen LogP contribution < -0.4 is 0 Å². The number of carbonyl (C=O) groups excluding carboxylic acids is 2. The van der Waals surface area contributed by atoms with Crippen LogP contribution in [-0.4, -0.2) is 37.4 Å². The van der Waals surface area contributed by atoms with Crippen LogP contribution in [0.4, 0.5) is 0 Å². The molecule has 2 spiro atoms. The smallest absolute Gasteiger partial charge is 0.314 e. The molecule has 0 amide bonds. The summed E-state index contributed by atoms with van der Waals surface area (Å²) in [6.07, 6.45) is 9.19. The van der Waals surface area contributed by atoms with Gasteiger partial charge in [0.15, 0.2) is 0 Å². The van der Waals surface area contributed by atoms with Gasteiger partial charge in [-0.3, -0.25) is 9.59 Å². The van der Waals surface area contributed by atoms with Crippen LogP contribution in [0.15, 0.2) is 0 Å². The summed E-state index contributed by atoms with van der Waals surface area (Å²) in [5, 5.41) is 0. The van der Waals surface area contributed by atoms with Crippen molar-refractivity contribution in [2.24, 2.45) is 21.7 Å². The molecular weight excluding hydrogens is 368 g/mol. The lowest BCUT2D eigenvalue weighted by molar-refractivity contribution is -0.187. The van der Waals surface area contributed by atoms with E-state index in [9.17, 15) is 9.59 Å². The zero-order chi connectivity index (χ0) is 20.9. The summed E-state index contributed by atoms with van der Waals surface area (Å²) in [7, 11) is 0. The highest BCUT2D eigenvalue weighted by atomic mass is 16.6. The Morgan fingerprint density at radius 3 is 1.52 bits per heavy atom. The van der Waals surface area contributed by atoms with Gasteiger partial charge in [0.1, 0.15) is 0 Å². The second-order valence-electron chi connectivity index (χ2n) is 10.1. The van der Waals surface area contributed by atoms with E-state index in [0.717, 1.165) is 51.4 Å². The Bertz CT molecular complexity index is 620. The normalized spacial score (nSPS) is 45.5. The number of esters is 2. The number of epoxide rings is 1. The van der Waals surface area contributed by atoms with Crippen molar-refractivity contribution in [2.75, 3.05) is 13.2 Å². The lowest BCUT2D eigenvalue weighted by Gasteiger charge is -2.58. The number of unbranched alkanes of at least 4 members (excludes halogenated alkanes) is 2. The van der Waals surface area contributed by atoms with Crippen LogP contribution in [0.2, 0.25) is 0 Å². The zero-order valence-corrected chi connectivity index (χ0v) is 18.7. The predicted molar refractivity (Wildman–Crippen MR) is 109 cm³/mol. The summed E-state index contributed by atoms with van der Waals surface area (Å²) in [5.74, 6) is -0.310. The summed E-state index contributed by atoms with van der Waals surface area (Å²) >= 11 is 0. The molecule has 1 saturated carbocycles. The van der Waals surface area contributed by atoms with Crippen molar-refractivity contribution < 1.29 is 23.8 Å².